The Morgan fingerprint density at radius 1 is 0.315 bits per heavy atom. The van der Waals surface area contributed by atoms with Gasteiger partial charge in [0.1, 0.15) is 61.0 Å². The Labute approximate surface area is 526 Å². The summed E-state index contributed by atoms with van der Waals surface area (Å²) in [6.07, 6.45) is -11.2. The van der Waals surface area contributed by atoms with Gasteiger partial charge < -0.3 is 52.2 Å². The highest BCUT2D eigenvalue weighted by molar-refractivity contribution is 6.99. The molecule has 12 heteroatoms. The molecule has 1 saturated heterocycles. The average Bonchev–Trinajstić information content (AvgIpc) is 1.36. The van der Waals surface area contributed by atoms with Crippen molar-refractivity contribution in [3.05, 3.63) is 312 Å². The van der Waals surface area contributed by atoms with E-state index in [-0.39, 0.29) is 57.9 Å². The fraction of sp³-hybridized carbons (Fsp3) is 0.299. The number of aliphatic hydroxyl groups is 1. The third kappa shape index (κ3) is 16.4. The van der Waals surface area contributed by atoms with E-state index in [1.807, 2.05) is 200 Å². The summed E-state index contributed by atoms with van der Waals surface area (Å²) in [6.45, 7) is 8.12. The van der Waals surface area contributed by atoms with Gasteiger partial charge in [0.15, 0.2) is 6.29 Å². The molecule has 9 aromatic rings. The topological polar surface area (TPSA) is 113 Å². The van der Waals surface area contributed by atoms with E-state index < -0.39 is 75.6 Å². The zero-order valence-corrected chi connectivity index (χ0v) is 52.0. The van der Waals surface area contributed by atoms with Gasteiger partial charge in [-0.1, -0.05) is 294 Å². The first-order valence-corrected chi connectivity index (χ1v) is 32.9. The molecule has 1 aliphatic heterocycles. The first-order valence-electron chi connectivity index (χ1n) is 31.0. The first kappa shape index (κ1) is 63.3. The van der Waals surface area contributed by atoms with E-state index in [9.17, 15) is 5.11 Å². The van der Waals surface area contributed by atoms with Gasteiger partial charge in [-0.3, -0.25) is 0 Å². The van der Waals surface area contributed by atoms with Crippen LogP contribution < -0.4 is 10.4 Å². The predicted octanol–water partition coefficient (Wildman–Crippen LogP) is 13.1. The van der Waals surface area contributed by atoms with Crippen molar-refractivity contribution < 1.29 is 52.2 Å². The van der Waals surface area contributed by atoms with E-state index in [1.165, 1.54) is 0 Å². The van der Waals surface area contributed by atoms with Crippen LogP contribution in [0.1, 0.15) is 59.7 Å². The quantitative estimate of drug-likeness (QED) is 0.0473. The van der Waals surface area contributed by atoms with Crippen LogP contribution in [-0.4, -0.2) is 87.4 Å². The largest absolute Gasteiger partial charge is 0.405 e. The molecule has 1 heterocycles. The lowest BCUT2D eigenvalue weighted by Gasteiger charge is -2.52. The molecule has 9 aromatic carbocycles. The molecule has 2 aliphatic rings. The number of hydrogen-bond donors (Lipinski definition) is 1. The van der Waals surface area contributed by atoms with Crippen molar-refractivity contribution in [3.8, 4) is 0 Å². The van der Waals surface area contributed by atoms with Gasteiger partial charge in [0.2, 0.25) is 0 Å². The minimum Gasteiger partial charge on any atom is -0.405 e. The fourth-order valence-electron chi connectivity index (χ4n) is 12.2. The Kier molecular flexibility index (Phi) is 22.4. The van der Waals surface area contributed by atoms with Crippen LogP contribution in [0.25, 0.3) is 0 Å². The Morgan fingerprint density at radius 2 is 0.562 bits per heavy atom. The van der Waals surface area contributed by atoms with Crippen LogP contribution in [0.5, 0.6) is 0 Å². The normalized spacial score (nSPS) is 23.0. The summed E-state index contributed by atoms with van der Waals surface area (Å²) in [5.41, 5.74) is 6.54. The lowest BCUT2D eigenvalue weighted by atomic mass is 9.83. The molecule has 0 spiro atoms. The summed E-state index contributed by atoms with van der Waals surface area (Å²) in [4.78, 5) is 0. The second-order valence-electron chi connectivity index (χ2n) is 23.9. The molecule has 0 radical (unpaired) electrons. The lowest BCUT2D eigenvalue weighted by Crippen LogP contribution is -2.70. The number of benzene rings is 9. The molecule has 0 bridgehead atoms. The summed E-state index contributed by atoms with van der Waals surface area (Å²) in [6, 6.07) is 91.3. The highest BCUT2D eigenvalue weighted by atomic mass is 28.4. The van der Waals surface area contributed by atoms with E-state index in [1.54, 1.807) is 0 Å². The zero-order chi connectivity index (χ0) is 61.1. The molecule has 11 nitrogen and oxygen atoms in total. The van der Waals surface area contributed by atoms with Crippen molar-refractivity contribution in [1.29, 1.82) is 0 Å². The molecule has 1 saturated carbocycles. The minimum atomic E-state index is -3.24. The summed E-state index contributed by atoms with van der Waals surface area (Å²) >= 11 is 0. The van der Waals surface area contributed by atoms with Crippen LogP contribution in [-0.2, 0) is 93.3 Å². The smallest absolute Gasteiger partial charge is 0.261 e. The molecule has 11 atom stereocenters. The van der Waals surface area contributed by atoms with Crippen LogP contribution in [0.4, 0.5) is 0 Å². The van der Waals surface area contributed by atoms with Gasteiger partial charge in [-0.25, -0.2) is 0 Å². The second-order valence-corrected chi connectivity index (χ2v) is 28.2. The second kappa shape index (κ2) is 31.5. The molecule has 0 aromatic heterocycles. The fourth-order valence-corrected chi connectivity index (χ4v) is 16.8. The van der Waals surface area contributed by atoms with Gasteiger partial charge in [-0.2, -0.15) is 0 Å². The Balaban J connectivity index is 1.07. The molecule has 1 N–H and O–H groups in total. The SMILES string of the molecule is CC(C)(C)[Si](OC[C@H]1O[C@H](O[C@@H]2[C@H](OCc3ccccc3)[C@@H](OCc3ccccc3)[C@H](OCc3ccccc3)[C@@H](O)[C@@H]2OCc2ccccc2)[C@@H](OCc2ccccc2)[C@@H](OCc2ccccc2)[C@@H]1OCc1ccccc1)(c1ccccc1)c1ccccc1. The minimum absolute atomic E-state index is 0.0660. The van der Waals surface area contributed by atoms with Crippen molar-refractivity contribution in [3.63, 3.8) is 0 Å². The van der Waals surface area contributed by atoms with Crippen molar-refractivity contribution >= 4 is 18.7 Å². The van der Waals surface area contributed by atoms with Crippen molar-refractivity contribution in [1.82, 2.24) is 0 Å². The van der Waals surface area contributed by atoms with E-state index in [0.29, 0.717) is 0 Å². The molecule has 0 unspecified atom stereocenters. The summed E-state index contributed by atoms with van der Waals surface area (Å²) in [5.74, 6) is 0. The molecule has 1 aliphatic carbocycles. The molecule has 460 valence electrons. The maximum atomic E-state index is 13.4. The summed E-state index contributed by atoms with van der Waals surface area (Å²) in [5, 5.41) is 15.2. The van der Waals surface area contributed by atoms with Crippen LogP contribution in [0.15, 0.2) is 273 Å². The number of hydrogen-bond acceptors (Lipinski definition) is 11. The Hall–Kier alpha value is -7.24. The third-order valence-electron chi connectivity index (χ3n) is 16.7. The van der Waals surface area contributed by atoms with Gasteiger partial charge >= 0.3 is 0 Å². The van der Waals surface area contributed by atoms with Crippen molar-refractivity contribution in [2.45, 2.75) is 139 Å². The average molecular weight is 1210 g/mol. The van der Waals surface area contributed by atoms with E-state index in [2.05, 4.69) is 93.6 Å². The van der Waals surface area contributed by atoms with Gasteiger partial charge in [-0.15, -0.1) is 0 Å². The highest BCUT2D eigenvalue weighted by Crippen LogP contribution is 2.41. The molecule has 11 rings (SSSR count). The number of rotatable bonds is 28. The van der Waals surface area contributed by atoms with Crippen LogP contribution in [0.3, 0.4) is 0 Å². The zero-order valence-electron chi connectivity index (χ0n) is 51.0. The van der Waals surface area contributed by atoms with Gasteiger partial charge in [0.25, 0.3) is 8.32 Å². The lowest BCUT2D eigenvalue weighted by molar-refractivity contribution is -0.363. The van der Waals surface area contributed by atoms with Gasteiger partial charge in [0, 0.05) is 0 Å². The maximum Gasteiger partial charge on any atom is 0.261 e. The number of aliphatic hydroxyl groups excluding tert-OH is 1. The molecular weight excluding hydrogens is 1130 g/mol. The molecule has 89 heavy (non-hydrogen) atoms. The van der Waals surface area contributed by atoms with Crippen LogP contribution in [0, 0.1) is 0 Å². The van der Waals surface area contributed by atoms with Gasteiger partial charge in [0.05, 0.1) is 52.9 Å². The van der Waals surface area contributed by atoms with E-state index in [0.717, 1.165) is 49.3 Å². The molecular formula is C77H82O11Si. The first-order chi connectivity index (χ1) is 43.7. The third-order valence-corrected chi connectivity index (χ3v) is 21.7. The highest BCUT2D eigenvalue weighted by Gasteiger charge is 2.58. The van der Waals surface area contributed by atoms with Gasteiger partial charge in [-0.05, 0) is 54.4 Å². The summed E-state index contributed by atoms with van der Waals surface area (Å²) in [7, 11) is -3.24. The van der Waals surface area contributed by atoms with Crippen LogP contribution >= 0.6 is 0 Å². The van der Waals surface area contributed by atoms with Crippen molar-refractivity contribution in [2.75, 3.05) is 6.61 Å². The predicted molar refractivity (Wildman–Crippen MR) is 348 cm³/mol. The van der Waals surface area contributed by atoms with E-state index >= 15 is 0 Å². The molecule has 2 fully saturated rings. The number of ether oxygens (including phenoxy) is 9. The molecule has 0 amide bonds. The van der Waals surface area contributed by atoms with Crippen LogP contribution in [0.2, 0.25) is 5.04 Å². The Bertz CT molecular complexity index is 3390. The monoisotopic (exact) mass is 1210 g/mol. The standard InChI is InChI=1S/C77H82O11Si/c1-77(2,3)89(64-45-27-11-28-46-64,65-47-29-12-30-48-65)86-56-66-68(79-49-57-31-13-4-14-32-57)71(82-52-60-37-19-7-20-38-60)75(85-55-63-43-25-10-26-44-63)76(87-66)88-74-70(81-51-59-35-17-6-18-36-59)67(78)69(80-50-58-33-15-5-16-34-58)72(83-53-61-39-21-8-22-40-61)73(74)84-54-62-41-23-9-24-42-62/h4-48,66-76,78H,49-56H2,1-3H3/t66-,67-,68-,69-,70+,71+,72+,73-,74+,75+,76-/m1/s1. The summed E-state index contributed by atoms with van der Waals surface area (Å²) < 4.78 is 73.8. The van der Waals surface area contributed by atoms with Crippen molar-refractivity contribution in [2.24, 2.45) is 0 Å². The Morgan fingerprint density at radius 3 is 0.876 bits per heavy atom. The maximum absolute atomic E-state index is 13.4. The van der Waals surface area contributed by atoms with E-state index in [4.69, 9.17) is 47.1 Å².